The van der Waals surface area contributed by atoms with Crippen molar-refractivity contribution in [3.05, 3.63) is 53.7 Å². The van der Waals surface area contributed by atoms with Crippen molar-refractivity contribution in [3.8, 4) is 23.1 Å². The van der Waals surface area contributed by atoms with E-state index in [4.69, 9.17) is 9.26 Å². The van der Waals surface area contributed by atoms with Crippen LogP contribution in [0.25, 0.3) is 17.2 Å². The lowest BCUT2D eigenvalue weighted by Gasteiger charge is -2.15. The molecule has 0 bridgehead atoms. The Morgan fingerprint density at radius 3 is 2.59 bits per heavy atom. The molecule has 12 nitrogen and oxygen atoms in total. The van der Waals surface area contributed by atoms with Gasteiger partial charge in [-0.3, -0.25) is 9.29 Å². The first-order valence-corrected chi connectivity index (χ1v) is 11.6. The van der Waals surface area contributed by atoms with Gasteiger partial charge in [-0.2, -0.15) is 0 Å². The predicted molar refractivity (Wildman–Crippen MR) is 118 cm³/mol. The van der Waals surface area contributed by atoms with Crippen molar-refractivity contribution in [1.82, 2.24) is 34.9 Å². The molecular formula is C20H21FN8O4S. The number of ether oxygens (including phenoxy) is 1. The summed E-state index contributed by atoms with van der Waals surface area (Å²) in [7, 11) is -2.50. The molecule has 0 fully saturated rings. The summed E-state index contributed by atoms with van der Waals surface area (Å²) in [4.78, 5) is 12.0. The molecule has 0 radical (unpaired) electrons. The number of methoxy groups -OCH3 is 1. The molecule has 14 heteroatoms. The second-order valence-electron chi connectivity index (χ2n) is 7.40. The maximum Gasteiger partial charge on any atom is 0.243 e. The summed E-state index contributed by atoms with van der Waals surface area (Å²) in [5, 5.41) is 11.2. The van der Waals surface area contributed by atoms with E-state index >= 15 is 0 Å². The highest BCUT2D eigenvalue weighted by Crippen LogP contribution is 2.30. The highest BCUT2D eigenvalue weighted by Gasteiger charge is 2.28. The molecule has 0 aliphatic rings. The average Bonchev–Trinajstić information content (AvgIpc) is 3.36. The van der Waals surface area contributed by atoms with E-state index < -0.39 is 21.1 Å². The lowest BCUT2D eigenvalue weighted by atomic mass is 10.3. The first kappa shape index (κ1) is 23.2. The molecule has 0 aromatic carbocycles. The summed E-state index contributed by atoms with van der Waals surface area (Å²) in [6, 6.07) is 5.08. The zero-order valence-corrected chi connectivity index (χ0v) is 19.5. The van der Waals surface area contributed by atoms with Gasteiger partial charge in [0, 0.05) is 12.5 Å². The Morgan fingerprint density at radius 2 is 1.94 bits per heavy atom. The van der Waals surface area contributed by atoms with Crippen LogP contribution in [0.1, 0.15) is 24.2 Å². The number of pyridine rings is 1. The molecule has 0 spiro atoms. The third-order valence-electron chi connectivity index (χ3n) is 4.95. The fourth-order valence-corrected chi connectivity index (χ4v) is 4.17. The minimum atomic E-state index is -3.99. The van der Waals surface area contributed by atoms with Crippen molar-refractivity contribution < 1.29 is 22.1 Å². The molecule has 0 aliphatic carbocycles. The van der Waals surface area contributed by atoms with Gasteiger partial charge in [0.05, 0.1) is 24.8 Å². The zero-order valence-electron chi connectivity index (χ0n) is 18.7. The van der Waals surface area contributed by atoms with E-state index in [0.29, 0.717) is 28.7 Å². The Balaban J connectivity index is 1.74. The molecule has 34 heavy (non-hydrogen) atoms. The monoisotopic (exact) mass is 488 g/mol. The van der Waals surface area contributed by atoms with Crippen molar-refractivity contribution >= 4 is 16.0 Å². The number of aryl methyl sites for hydroxylation is 2. The van der Waals surface area contributed by atoms with Crippen molar-refractivity contribution in [1.29, 1.82) is 0 Å². The minimum Gasteiger partial charge on any atom is -0.481 e. The molecule has 1 N–H and O–H groups in total. The third kappa shape index (κ3) is 4.57. The number of aromatic nitrogens is 7. The van der Waals surface area contributed by atoms with Crippen LogP contribution >= 0.6 is 0 Å². The Labute approximate surface area is 194 Å². The number of nitrogens with one attached hydrogen (secondary N) is 1. The normalized spacial score (nSPS) is 12.5. The number of hydrogen-bond donors (Lipinski definition) is 1. The highest BCUT2D eigenvalue weighted by atomic mass is 32.2. The number of anilines is 1. The van der Waals surface area contributed by atoms with Gasteiger partial charge in [0.1, 0.15) is 22.9 Å². The van der Waals surface area contributed by atoms with Crippen LogP contribution in [-0.2, 0) is 16.4 Å². The molecule has 4 aromatic rings. The van der Waals surface area contributed by atoms with Gasteiger partial charge >= 0.3 is 0 Å². The molecule has 4 rings (SSSR count). The molecule has 0 unspecified atom stereocenters. The predicted octanol–water partition coefficient (Wildman–Crippen LogP) is 2.24. The number of nitrogens with zero attached hydrogens (tertiary/aromatic N) is 7. The highest BCUT2D eigenvalue weighted by molar-refractivity contribution is 7.93. The van der Waals surface area contributed by atoms with E-state index in [-0.39, 0.29) is 24.0 Å². The van der Waals surface area contributed by atoms with Crippen LogP contribution in [0, 0.1) is 19.7 Å². The van der Waals surface area contributed by atoms with Gasteiger partial charge in [0.15, 0.2) is 17.4 Å². The van der Waals surface area contributed by atoms with Crippen LogP contribution in [-0.4, -0.2) is 55.7 Å². The summed E-state index contributed by atoms with van der Waals surface area (Å²) >= 11 is 0. The second kappa shape index (κ2) is 9.13. The summed E-state index contributed by atoms with van der Waals surface area (Å²) in [6.07, 6.45) is 1.92. The fraction of sp³-hybridized carbons (Fsp3) is 0.300. The Hall–Kier alpha value is -3.94. The molecule has 4 aromatic heterocycles. The van der Waals surface area contributed by atoms with Crippen molar-refractivity contribution in [2.45, 2.75) is 32.4 Å². The van der Waals surface area contributed by atoms with Crippen LogP contribution in [0.5, 0.6) is 5.88 Å². The Bertz CT molecular complexity index is 1400. The second-order valence-corrected chi connectivity index (χ2v) is 9.50. The van der Waals surface area contributed by atoms with E-state index in [1.54, 1.807) is 32.0 Å². The summed E-state index contributed by atoms with van der Waals surface area (Å²) < 4.78 is 53.7. The van der Waals surface area contributed by atoms with Crippen molar-refractivity contribution in [2.24, 2.45) is 0 Å². The maximum atomic E-state index is 13.1. The molecule has 0 saturated heterocycles. The van der Waals surface area contributed by atoms with E-state index in [0.717, 1.165) is 12.4 Å². The maximum absolute atomic E-state index is 13.1. The first-order valence-electron chi connectivity index (χ1n) is 10.1. The fourth-order valence-electron chi connectivity index (χ4n) is 3.22. The molecule has 0 saturated carbocycles. The van der Waals surface area contributed by atoms with Crippen LogP contribution in [0.15, 0.2) is 35.1 Å². The lowest BCUT2D eigenvalue weighted by molar-refractivity contribution is 0.393. The van der Waals surface area contributed by atoms with Crippen molar-refractivity contribution in [3.63, 3.8) is 0 Å². The summed E-state index contributed by atoms with van der Waals surface area (Å²) in [6.45, 7) is 4.88. The molecule has 178 valence electrons. The Morgan fingerprint density at radius 1 is 1.21 bits per heavy atom. The van der Waals surface area contributed by atoms with Crippen LogP contribution in [0.3, 0.4) is 0 Å². The number of hydrogen-bond acceptors (Lipinski definition) is 10. The van der Waals surface area contributed by atoms with Gasteiger partial charge in [-0.15, -0.1) is 10.2 Å². The number of sulfonamides is 1. The van der Waals surface area contributed by atoms with Gasteiger partial charge < -0.3 is 9.26 Å². The Kier molecular flexibility index (Phi) is 6.24. The smallest absolute Gasteiger partial charge is 0.243 e. The summed E-state index contributed by atoms with van der Waals surface area (Å²) in [5.74, 6) is 0.522. The molecule has 0 amide bonds. The topological polar surface area (TPSA) is 151 Å². The quantitative estimate of drug-likeness (QED) is 0.391. The summed E-state index contributed by atoms with van der Waals surface area (Å²) in [5.41, 5.74) is 1.36. The van der Waals surface area contributed by atoms with Crippen LogP contribution in [0.2, 0.25) is 0 Å². The zero-order chi connectivity index (χ0) is 24.5. The van der Waals surface area contributed by atoms with Gasteiger partial charge in [-0.25, -0.2) is 27.8 Å². The van der Waals surface area contributed by atoms with Gasteiger partial charge in [0.25, 0.3) is 0 Å². The largest absolute Gasteiger partial charge is 0.481 e. The molecule has 1 atom stereocenters. The first-order chi connectivity index (χ1) is 16.2. The number of halogens is 1. The standard InChI is InChI=1S/C20H21FN8O4S/c1-11(8-16-22-9-14(21)10-23-16)34(30,31)28-20-26-25-19(15-6-5-7-17(24-15)32-4)29(20)18-12(2)27-33-13(18)3/h5-7,9-11H,8H2,1-4H3,(H,26,28)/t11-/m1/s1. The van der Waals surface area contributed by atoms with E-state index in [1.807, 2.05) is 0 Å². The van der Waals surface area contributed by atoms with E-state index in [1.165, 1.54) is 18.6 Å². The van der Waals surface area contributed by atoms with Crippen molar-refractivity contribution in [2.75, 3.05) is 11.8 Å². The number of rotatable bonds is 8. The van der Waals surface area contributed by atoms with Crippen LogP contribution < -0.4 is 9.46 Å². The van der Waals surface area contributed by atoms with Gasteiger partial charge in [-0.1, -0.05) is 11.2 Å². The van der Waals surface area contributed by atoms with Gasteiger partial charge in [-0.05, 0) is 26.8 Å². The lowest BCUT2D eigenvalue weighted by Crippen LogP contribution is -2.29. The molecular weight excluding hydrogens is 467 g/mol. The van der Waals surface area contributed by atoms with Gasteiger partial charge in [0.2, 0.25) is 21.9 Å². The van der Waals surface area contributed by atoms with Crippen LogP contribution in [0.4, 0.5) is 10.3 Å². The SMILES string of the molecule is COc1cccc(-c2nnc(NS(=O)(=O)[C@H](C)Cc3ncc(F)cn3)n2-c2c(C)noc2C)n1. The molecule has 4 heterocycles. The minimum absolute atomic E-state index is 0.0423. The third-order valence-corrected chi connectivity index (χ3v) is 6.64. The molecule has 0 aliphatic heterocycles. The van der Waals surface area contributed by atoms with E-state index in [2.05, 4.69) is 35.0 Å². The average molecular weight is 489 g/mol. The van der Waals surface area contributed by atoms with E-state index in [9.17, 15) is 12.8 Å².